The van der Waals surface area contributed by atoms with E-state index in [0.717, 1.165) is 6.42 Å². The predicted molar refractivity (Wildman–Crippen MR) is 127 cm³/mol. The summed E-state index contributed by atoms with van der Waals surface area (Å²) < 4.78 is 0. The lowest BCUT2D eigenvalue weighted by Crippen LogP contribution is -1.90. The first-order chi connectivity index (χ1) is 13.8. The average Bonchev–Trinajstić information content (AvgIpc) is 3.14. The van der Waals surface area contributed by atoms with Crippen molar-refractivity contribution in [1.82, 2.24) is 0 Å². The predicted octanol–water partition coefficient (Wildman–Crippen LogP) is 8.35. The smallest absolute Gasteiger partial charge is 0.00132 e. The first-order valence-corrected chi connectivity index (χ1v) is 10.9. The second kappa shape index (κ2) is 7.67. The summed E-state index contributed by atoms with van der Waals surface area (Å²) >= 11 is 0. The molecule has 4 aliphatic carbocycles. The average molecular weight is 381 g/mol. The Morgan fingerprint density at radius 3 is 1.34 bits per heavy atom. The SMILES string of the molecule is Cc1ccc(C(C)C)cc2ccc(Cc3ccc4cc(C(C)C)ccc(C)c3-4)c1-2. The van der Waals surface area contributed by atoms with Crippen LogP contribution in [-0.2, 0) is 6.42 Å². The van der Waals surface area contributed by atoms with Gasteiger partial charge in [0, 0.05) is 0 Å². The van der Waals surface area contributed by atoms with Crippen LogP contribution in [0.3, 0.4) is 0 Å². The van der Waals surface area contributed by atoms with Crippen LogP contribution in [0.1, 0.15) is 72.9 Å². The van der Waals surface area contributed by atoms with Crippen molar-refractivity contribution < 1.29 is 0 Å². The molecule has 0 atom stereocenters. The van der Waals surface area contributed by atoms with E-state index in [0.29, 0.717) is 11.8 Å². The van der Waals surface area contributed by atoms with E-state index in [1.807, 2.05) is 0 Å². The highest BCUT2D eigenvalue weighted by molar-refractivity contribution is 5.78. The van der Waals surface area contributed by atoms with Crippen LogP contribution in [0, 0.1) is 13.8 Å². The molecule has 0 radical (unpaired) electrons. The van der Waals surface area contributed by atoms with Crippen molar-refractivity contribution >= 4 is 0 Å². The molecule has 0 bridgehead atoms. The summed E-state index contributed by atoms with van der Waals surface area (Å²) in [7, 11) is 0. The normalized spacial score (nSPS) is 11.9. The molecule has 0 spiro atoms. The molecule has 0 heteroatoms. The highest BCUT2D eigenvalue weighted by atomic mass is 14.2. The van der Waals surface area contributed by atoms with Gasteiger partial charge in [0.05, 0.1) is 0 Å². The largest absolute Gasteiger partial charge is 0.0587 e. The van der Waals surface area contributed by atoms with Gasteiger partial charge in [0.2, 0.25) is 0 Å². The molecule has 0 aromatic carbocycles. The summed E-state index contributed by atoms with van der Waals surface area (Å²) in [5, 5.41) is 0. The molecule has 4 aliphatic rings. The zero-order valence-electron chi connectivity index (χ0n) is 18.6. The lowest BCUT2D eigenvalue weighted by molar-refractivity contribution is 0.868. The summed E-state index contributed by atoms with van der Waals surface area (Å²) in [5.74, 6) is 1.08. The van der Waals surface area contributed by atoms with Gasteiger partial charge in [-0.15, -0.1) is 0 Å². The van der Waals surface area contributed by atoms with Crippen molar-refractivity contribution in [2.45, 2.75) is 59.8 Å². The molecule has 4 rings (SSSR count). The minimum Gasteiger partial charge on any atom is -0.0587 e. The van der Waals surface area contributed by atoms with Crippen LogP contribution in [0.25, 0.3) is 22.3 Å². The molecule has 0 saturated heterocycles. The van der Waals surface area contributed by atoms with E-state index in [1.165, 1.54) is 55.6 Å². The van der Waals surface area contributed by atoms with Crippen molar-refractivity contribution in [1.29, 1.82) is 0 Å². The Labute approximate surface area is 176 Å². The van der Waals surface area contributed by atoms with E-state index in [-0.39, 0.29) is 0 Å². The summed E-state index contributed by atoms with van der Waals surface area (Å²) in [5.41, 5.74) is 14.0. The van der Waals surface area contributed by atoms with Gasteiger partial charge in [-0.2, -0.15) is 0 Å². The molecule has 0 amide bonds. The fourth-order valence-corrected chi connectivity index (χ4v) is 4.57. The zero-order valence-corrected chi connectivity index (χ0v) is 18.6. The maximum absolute atomic E-state index is 2.37. The number of aryl methyl sites for hydroxylation is 2. The van der Waals surface area contributed by atoms with E-state index < -0.39 is 0 Å². The minimum absolute atomic E-state index is 0.542. The van der Waals surface area contributed by atoms with E-state index in [4.69, 9.17) is 0 Å². The highest BCUT2D eigenvalue weighted by Gasteiger charge is 2.17. The lowest BCUT2D eigenvalue weighted by atomic mass is 9.96. The van der Waals surface area contributed by atoms with E-state index in [2.05, 4.69) is 102 Å². The van der Waals surface area contributed by atoms with Crippen LogP contribution in [0.2, 0.25) is 0 Å². The minimum atomic E-state index is 0.542. The first-order valence-electron chi connectivity index (χ1n) is 10.9. The summed E-state index contributed by atoms with van der Waals surface area (Å²) in [4.78, 5) is 0. The van der Waals surface area contributed by atoms with Crippen molar-refractivity contribution in [3.63, 3.8) is 0 Å². The fraction of sp³-hybridized carbons (Fsp3) is 0.310. The molecule has 148 valence electrons. The fourth-order valence-electron chi connectivity index (χ4n) is 4.57. The van der Waals surface area contributed by atoms with E-state index >= 15 is 0 Å². The summed E-state index contributed by atoms with van der Waals surface area (Å²) in [6.07, 6.45) is 0.983. The maximum atomic E-state index is 2.37. The summed E-state index contributed by atoms with van der Waals surface area (Å²) in [6, 6.07) is 23.2. The standard InChI is InChI=1S/C29H32/c1-18(2)22-9-7-20(5)28-24(15-22)11-13-26(28)17-27-14-12-25-16-23(19(3)4)10-8-21(6)29(25)27/h7-16,18-19H,17H2,1-6H3. The summed E-state index contributed by atoms with van der Waals surface area (Å²) in [6.45, 7) is 13.6. The Morgan fingerprint density at radius 2 is 0.966 bits per heavy atom. The Balaban J connectivity index is 1.77. The second-order valence-electron chi connectivity index (χ2n) is 9.19. The van der Waals surface area contributed by atoms with E-state index in [9.17, 15) is 0 Å². The molecule has 0 unspecified atom stereocenters. The molecule has 0 aromatic rings. The molecular weight excluding hydrogens is 348 g/mol. The van der Waals surface area contributed by atoms with Crippen LogP contribution in [0.5, 0.6) is 0 Å². The lowest BCUT2D eigenvalue weighted by Gasteiger charge is -2.08. The quantitative estimate of drug-likeness (QED) is 0.334. The van der Waals surface area contributed by atoms with Gasteiger partial charge < -0.3 is 0 Å². The van der Waals surface area contributed by atoms with Crippen LogP contribution < -0.4 is 0 Å². The van der Waals surface area contributed by atoms with Crippen LogP contribution >= 0.6 is 0 Å². The third kappa shape index (κ3) is 3.69. The number of rotatable bonds is 4. The van der Waals surface area contributed by atoms with Gasteiger partial charge in [0.1, 0.15) is 0 Å². The highest BCUT2D eigenvalue weighted by Crippen LogP contribution is 2.38. The molecule has 0 saturated carbocycles. The van der Waals surface area contributed by atoms with E-state index in [1.54, 1.807) is 0 Å². The molecule has 0 N–H and O–H groups in total. The van der Waals surface area contributed by atoms with Gasteiger partial charge in [-0.05, 0) is 87.7 Å². The second-order valence-corrected chi connectivity index (χ2v) is 9.19. The van der Waals surface area contributed by atoms with Gasteiger partial charge in [-0.3, -0.25) is 0 Å². The van der Waals surface area contributed by atoms with Gasteiger partial charge in [-0.1, -0.05) is 88.4 Å². The molecule has 29 heavy (non-hydrogen) atoms. The molecule has 0 fully saturated rings. The molecule has 0 aromatic heterocycles. The van der Waals surface area contributed by atoms with Crippen molar-refractivity contribution in [2.75, 3.05) is 0 Å². The molecule has 0 nitrogen and oxygen atoms in total. The Kier molecular flexibility index (Phi) is 5.21. The van der Waals surface area contributed by atoms with Crippen molar-refractivity contribution in [3.8, 4) is 22.3 Å². The third-order valence-corrected chi connectivity index (χ3v) is 6.35. The van der Waals surface area contributed by atoms with Gasteiger partial charge >= 0.3 is 0 Å². The first kappa shape index (κ1) is 19.7. The van der Waals surface area contributed by atoms with Crippen LogP contribution in [0.15, 0.2) is 60.7 Å². The number of hydrogen-bond donors (Lipinski definition) is 0. The van der Waals surface area contributed by atoms with Gasteiger partial charge in [0.15, 0.2) is 0 Å². The van der Waals surface area contributed by atoms with Crippen molar-refractivity contribution in [2.24, 2.45) is 0 Å². The molecule has 0 heterocycles. The topological polar surface area (TPSA) is 0 Å². The molecule has 0 aliphatic heterocycles. The Morgan fingerprint density at radius 1 is 0.552 bits per heavy atom. The maximum Gasteiger partial charge on any atom is -0.00132 e. The number of hydrogen-bond acceptors (Lipinski definition) is 0. The van der Waals surface area contributed by atoms with Gasteiger partial charge in [-0.25, -0.2) is 0 Å². The van der Waals surface area contributed by atoms with Crippen LogP contribution in [0.4, 0.5) is 0 Å². The van der Waals surface area contributed by atoms with Crippen LogP contribution in [-0.4, -0.2) is 0 Å². The Hall–Kier alpha value is -2.60. The molecular formula is C29H32. The van der Waals surface area contributed by atoms with Gasteiger partial charge in [0.25, 0.3) is 0 Å². The Bertz CT molecular complexity index is 1010. The zero-order chi connectivity index (χ0) is 20.7. The monoisotopic (exact) mass is 380 g/mol. The number of fused-ring (bicyclic) bond motifs is 2. The van der Waals surface area contributed by atoms with Crippen molar-refractivity contribution in [3.05, 3.63) is 94.0 Å². The third-order valence-electron chi connectivity index (χ3n) is 6.35.